The largest absolute Gasteiger partial charge is 0.497 e. The second-order valence-corrected chi connectivity index (χ2v) is 7.99. The molecular weight excluding hydrogens is 438 g/mol. The molecule has 1 heterocycles. The number of nitrogens with zero attached hydrogens (tertiary/aromatic N) is 3. The van der Waals surface area contributed by atoms with E-state index in [1.54, 1.807) is 57.3 Å². The molecule has 3 rings (SSSR count). The molecule has 0 saturated carbocycles. The Kier molecular flexibility index (Phi) is 8.59. The predicted molar refractivity (Wildman–Crippen MR) is 129 cm³/mol. The minimum absolute atomic E-state index is 0.0598. The molecule has 0 aliphatic carbocycles. The van der Waals surface area contributed by atoms with E-state index in [1.165, 1.54) is 0 Å². The third-order valence-electron chi connectivity index (χ3n) is 5.94. The fraction of sp³-hybridized carbons (Fsp3) is 0.440. The third-order valence-corrected chi connectivity index (χ3v) is 5.94. The van der Waals surface area contributed by atoms with Crippen LogP contribution in [-0.4, -0.2) is 82.8 Å². The van der Waals surface area contributed by atoms with Crippen LogP contribution >= 0.6 is 0 Å². The maximum absolute atomic E-state index is 13.6. The average molecular weight is 472 g/mol. The first kappa shape index (κ1) is 25.2. The lowest BCUT2D eigenvalue weighted by Crippen LogP contribution is -2.51. The summed E-state index contributed by atoms with van der Waals surface area (Å²) in [7, 11) is 6.25. The van der Waals surface area contributed by atoms with Gasteiger partial charge in [-0.1, -0.05) is 12.1 Å². The topological polar surface area (TPSA) is 80.8 Å². The minimum Gasteiger partial charge on any atom is -0.497 e. The summed E-state index contributed by atoms with van der Waals surface area (Å²) in [4.78, 5) is 30.8. The normalized spacial score (nSPS) is 13.9. The Hall–Kier alpha value is -3.46. The van der Waals surface area contributed by atoms with Gasteiger partial charge in [-0.2, -0.15) is 0 Å². The first-order valence-electron chi connectivity index (χ1n) is 11.1. The molecule has 0 aromatic heterocycles. The summed E-state index contributed by atoms with van der Waals surface area (Å²) in [6.07, 6.45) is 0. The van der Waals surface area contributed by atoms with Gasteiger partial charge in [-0.25, -0.2) is 0 Å². The highest BCUT2D eigenvalue weighted by Gasteiger charge is 2.25. The molecule has 34 heavy (non-hydrogen) atoms. The number of hydrogen-bond acceptors (Lipinski definition) is 7. The van der Waals surface area contributed by atoms with E-state index in [0.717, 1.165) is 11.3 Å². The van der Waals surface area contributed by atoms with Crippen molar-refractivity contribution in [2.24, 2.45) is 0 Å². The Labute approximate surface area is 200 Å². The van der Waals surface area contributed by atoms with Crippen molar-refractivity contribution < 1.29 is 28.5 Å². The van der Waals surface area contributed by atoms with Gasteiger partial charge >= 0.3 is 0 Å². The van der Waals surface area contributed by atoms with Crippen molar-refractivity contribution in [2.75, 3.05) is 66.1 Å². The number of carbonyl (C=O) groups excluding carboxylic acids is 2. The van der Waals surface area contributed by atoms with E-state index in [4.69, 9.17) is 18.9 Å². The van der Waals surface area contributed by atoms with Gasteiger partial charge in [0.2, 0.25) is 17.6 Å². The highest BCUT2D eigenvalue weighted by atomic mass is 16.5. The molecule has 9 nitrogen and oxygen atoms in total. The number of benzene rings is 2. The van der Waals surface area contributed by atoms with Gasteiger partial charge in [0, 0.05) is 45.2 Å². The zero-order chi connectivity index (χ0) is 24.7. The number of anilines is 1. The fourth-order valence-electron chi connectivity index (χ4n) is 3.96. The van der Waals surface area contributed by atoms with E-state index in [-0.39, 0.29) is 18.4 Å². The van der Waals surface area contributed by atoms with E-state index in [9.17, 15) is 9.59 Å². The molecule has 0 bridgehead atoms. The van der Waals surface area contributed by atoms with E-state index in [2.05, 4.69) is 4.90 Å². The van der Waals surface area contributed by atoms with Crippen molar-refractivity contribution >= 4 is 17.5 Å². The van der Waals surface area contributed by atoms with Crippen LogP contribution in [0.2, 0.25) is 0 Å². The number of hydrogen-bond donors (Lipinski definition) is 0. The Bertz CT molecular complexity index is 962. The number of amides is 2. The van der Waals surface area contributed by atoms with Crippen LogP contribution in [0.1, 0.15) is 12.5 Å². The van der Waals surface area contributed by atoms with Crippen molar-refractivity contribution in [1.82, 2.24) is 9.80 Å². The number of methoxy groups -OCH3 is 4. The maximum Gasteiger partial charge on any atom is 0.241 e. The molecular formula is C25H33N3O6. The zero-order valence-corrected chi connectivity index (χ0v) is 20.5. The SMILES string of the molecule is COc1ccc(CN(C(=O)CN2CCN(C(C)=O)CC2)c2cc(OC)c(OC)c(OC)c2)cc1. The number of rotatable bonds is 9. The summed E-state index contributed by atoms with van der Waals surface area (Å²) in [6, 6.07) is 11.2. The van der Waals surface area contributed by atoms with E-state index < -0.39 is 0 Å². The predicted octanol–water partition coefficient (Wildman–Crippen LogP) is 2.42. The molecule has 0 N–H and O–H groups in total. The molecule has 1 aliphatic heterocycles. The Morgan fingerprint density at radius 1 is 0.853 bits per heavy atom. The lowest BCUT2D eigenvalue weighted by molar-refractivity contribution is -0.130. The van der Waals surface area contributed by atoms with Gasteiger partial charge in [-0.3, -0.25) is 14.5 Å². The van der Waals surface area contributed by atoms with Crippen molar-refractivity contribution in [3.8, 4) is 23.0 Å². The second kappa shape index (κ2) is 11.6. The van der Waals surface area contributed by atoms with Gasteiger partial charge in [0.05, 0.1) is 47.2 Å². The summed E-state index contributed by atoms with van der Waals surface area (Å²) in [5.74, 6) is 2.15. The Balaban J connectivity index is 1.89. The highest BCUT2D eigenvalue weighted by Crippen LogP contribution is 2.41. The van der Waals surface area contributed by atoms with Crippen LogP contribution in [0, 0.1) is 0 Å². The van der Waals surface area contributed by atoms with Crippen molar-refractivity contribution in [3.05, 3.63) is 42.0 Å². The average Bonchev–Trinajstić information content (AvgIpc) is 2.86. The van der Waals surface area contributed by atoms with Gasteiger partial charge in [-0.05, 0) is 17.7 Å². The summed E-state index contributed by atoms with van der Waals surface area (Å²) in [5.41, 5.74) is 1.59. The molecule has 2 aromatic rings. The molecule has 2 amide bonds. The van der Waals surface area contributed by atoms with Crippen LogP contribution in [0.4, 0.5) is 5.69 Å². The van der Waals surface area contributed by atoms with E-state index >= 15 is 0 Å². The lowest BCUT2D eigenvalue weighted by atomic mass is 10.1. The number of piperazine rings is 1. The second-order valence-electron chi connectivity index (χ2n) is 7.99. The van der Waals surface area contributed by atoms with Crippen molar-refractivity contribution in [2.45, 2.75) is 13.5 Å². The smallest absolute Gasteiger partial charge is 0.241 e. The van der Waals surface area contributed by atoms with Crippen LogP contribution in [-0.2, 0) is 16.1 Å². The Morgan fingerprint density at radius 3 is 1.91 bits per heavy atom. The molecule has 1 fully saturated rings. The zero-order valence-electron chi connectivity index (χ0n) is 20.5. The van der Waals surface area contributed by atoms with E-state index in [0.29, 0.717) is 55.7 Å². The monoisotopic (exact) mass is 471 g/mol. The maximum atomic E-state index is 13.6. The summed E-state index contributed by atoms with van der Waals surface area (Å²) in [5, 5.41) is 0. The molecule has 2 aromatic carbocycles. The van der Waals surface area contributed by atoms with Crippen LogP contribution < -0.4 is 23.8 Å². The van der Waals surface area contributed by atoms with Gasteiger partial charge < -0.3 is 28.7 Å². The van der Waals surface area contributed by atoms with Gasteiger partial charge in [0.25, 0.3) is 0 Å². The molecule has 0 spiro atoms. The first-order valence-corrected chi connectivity index (χ1v) is 11.1. The molecule has 0 atom stereocenters. The lowest BCUT2D eigenvalue weighted by Gasteiger charge is -2.35. The van der Waals surface area contributed by atoms with Crippen LogP contribution in [0.5, 0.6) is 23.0 Å². The number of ether oxygens (including phenoxy) is 4. The van der Waals surface area contributed by atoms with Gasteiger partial charge in [0.1, 0.15) is 5.75 Å². The van der Waals surface area contributed by atoms with Crippen molar-refractivity contribution in [1.29, 1.82) is 0 Å². The molecule has 0 unspecified atom stereocenters. The van der Waals surface area contributed by atoms with Gasteiger partial charge in [-0.15, -0.1) is 0 Å². The van der Waals surface area contributed by atoms with Crippen LogP contribution in [0.15, 0.2) is 36.4 Å². The van der Waals surface area contributed by atoms with Crippen molar-refractivity contribution in [3.63, 3.8) is 0 Å². The minimum atomic E-state index is -0.0682. The van der Waals surface area contributed by atoms with Crippen LogP contribution in [0.25, 0.3) is 0 Å². The molecule has 9 heteroatoms. The molecule has 1 aliphatic rings. The quantitative estimate of drug-likeness (QED) is 0.556. The Morgan fingerprint density at radius 2 is 1.44 bits per heavy atom. The van der Waals surface area contributed by atoms with Gasteiger partial charge in [0.15, 0.2) is 11.5 Å². The summed E-state index contributed by atoms with van der Waals surface area (Å²) in [6.45, 7) is 4.69. The number of carbonyl (C=O) groups is 2. The van der Waals surface area contributed by atoms with E-state index in [1.807, 2.05) is 24.3 Å². The molecule has 0 radical (unpaired) electrons. The first-order chi connectivity index (χ1) is 16.4. The molecule has 184 valence electrons. The fourth-order valence-corrected chi connectivity index (χ4v) is 3.96. The molecule has 1 saturated heterocycles. The standard InChI is InChI=1S/C25H33N3O6/c1-18(29)27-12-10-26(11-13-27)17-24(30)28(16-19-6-8-21(31-2)9-7-19)20-14-22(32-3)25(34-5)23(15-20)33-4/h6-9,14-15H,10-13,16-17H2,1-5H3. The summed E-state index contributed by atoms with van der Waals surface area (Å²) < 4.78 is 21.7. The summed E-state index contributed by atoms with van der Waals surface area (Å²) >= 11 is 0. The highest BCUT2D eigenvalue weighted by molar-refractivity contribution is 5.95. The third kappa shape index (κ3) is 5.91. The van der Waals surface area contributed by atoms with Crippen LogP contribution in [0.3, 0.4) is 0 Å².